The van der Waals surface area contributed by atoms with Crippen molar-refractivity contribution in [2.45, 2.75) is 6.18 Å². The molecule has 0 saturated carbocycles. The summed E-state index contributed by atoms with van der Waals surface area (Å²) in [4.78, 5) is 23.6. The zero-order chi connectivity index (χ0) is 18.2. The highest BCUT2D eigenvalue weighted by atomic mass is 35.5. The normalized spacial score (nSPS) is 17.0. The third kappa shape index (κ3) is 3.85. The number of amides is 1. The number of rotatable bonds is 3. The first kappa shape index (κ1) is 19.0. The van der Waals surface area contributed by atoms with E-state index in [1.165, 1.54) is 0 Å². The molecule has 1 aliphatic rings. The third-order valence-electron chi connectivity index (χ3n) is 2.87. The minimum atomic E-state index is -4.69. The molecule has 0 unspecified atom stereocenters. The van der Waals surface area contributed by atoms with E-state index in [2.05, 4.69) is 0 Å². The summed E-state index contributed by atoms with van der Waals surface area (Å²) in [6, 6.07) is 1.75. The van der Waals surface area contributed by atoms with Crippen LogP contribution in [0, 0.1) is 0 Å². The molecule has 4 nitrogen and oxygen atoms in total. The van der Waals surface area contributed by atoms with Gasteiger partial charge in [-0.2, -0.15) is 13.2 Å². The Morgan fingerprint density at radius 3 is 2.54 bits per heavy atom. The van der Waals surface area contributed by atoms with E-state index in [0.29, 0.717) is 0 Å². The van der Waals surface area contributed by atoms with Crippen molar-refractivity contribution in [2.24, 2.45) is 0 Å². The number of carboxylic acids is 1. The summed E-state index contributed by atoms with van der Waals surface area (Å²) in [7, 11) is 0. The van der Waals surface area contributed by atoms with Crippen molar-refractivity contribution < 1.29 is 27.9 Å². The van der Waals surface area contributed by atoms with Gasteiger partial charge in [0.15, 0.2) is 0 Å². The zero-order valence-corrected chi connectivity index (χ0v) is 14.5. The lowest BCUT2D eigenvalue weighted by Gasteiger charge is -2.12. The number of thiocarbonyl (C=S) groups is 1. The third-order valence-corrected chi connectivity index (χ3v) is 4.99. The van der Waals surface area contributed by atoms with Gasteiger partial charge in [-0.05, 0) is 18.2 Å². The molecule has 1 saturated heterocycles. The smallest absolute Gasteiger partial charge is 0.417 e. The van der Waals surface area contributed by atoms with Gasteiger partial charge in [0.25, 0.3) is 5.91 Å². The number of thioether (sulfide) groups is 1. The summed E-state index contributed by atoms with van der Waals surface area (Å²) in [5.41, 5.74) is -1.29. The van der Waals surface area contributed by atoms with E-state index < -0.39 is 35.2 Å². The lowest BCUT2D eigenvalue weighted by atomic mass is 10.1. The van der Waals surface area contributed by atoms with E-state index in [1.807, 2.05) is 0 Å². The molecule has 1 aromatic carbocycles. The summed E-state index contributed by atoms with van der Waals surface area (Å²) in [5, 5.41) is 8.01. The molecular weight excluding hydrogens is 410 g/mol. The fourth-order valence-electron chi connectivity index (χ4n) is 1.82. The second-order valence-corrected chi connectivity index (χ2v) is 6.94. The number of hydrogen-bond acceptors (Lipinski definition) is 4. The fourth-order valence-corrected chi connectivity index (χ4v) is 3.65. The molecule has 0 radical (unpaired) electrons. The molecule has 1 amide bonds. The molecule has 0 spiro atoms. The Balaban J connectivity index is 2.47. The van der Waals surface area contributed by atoms with E-state index >= 15 is 0 Å². The van der Waals surface area contributed by atoms with Gasteiger partial charge < -0.3 is 5.11 Å². The van der Waals surface area contributed by atoms with E-state index in [1.54, 1.807) is 0 Å². The largest absolute Gasteiger partial charge is 0.480 e. The first-order valence-electron chi connectivity index (χ1n) is 6.04. The van der Waals surface area contributed by atoms with Crippen LogP contribution in [-0.2, 0) is 15.8 Å². The first-order chi connectivity index (χ1) is 11.0. The predicted octanol–water partition coefficient (Wildman–Crippen LogP) is 4.30. The molecule has 1 heterocycles. The maximum Gasteiger partial charge on any atom is 0.417 e. The van der Waals surface area contributed by atoms with E-state index in [0.717, 1.165) is 34.9 Å². The molecule has 1 aliphatic heterocycles. The maximum absolute atomic E-state index is 12.9. The van der Waals surface area contributed by atoms with Crippen molar-refractivity contribution in [3.63, 3.8) is 0 Å². The van der Waals surface area contributed by atoms with Crippen molar-refractivity contribution in [1.29, 1.82) is 0 Å². The summed E-state index contributed by atoms with van der Waals surface area (Å²) >= 11 is 17.3. The number of aliphatic carboxylic acids is 1. The highest BCUT2D eigenvalue weighted by Gasteiger charge is 2.36. The van der Waals surface area contributed by atoms with Crippen LogP contribution in [0.1, 0.15) is 11.1 Å². The molecule has 1 aromatic rings. The number of carbonyl (C=O) groups excluding carboxylic acids is 1. The monoisotopic (exact) mass is 415 g/mol. The first-order valence-corrected chi connectivity index (χ1v) is 8.02. The average Bonchev–Trinajstić information content (AvgIpc) is 2.69. The van der Waals surface area contributed by atoms with Crippen LogP contribution in [0.2, 0.25) is 10.0 Å². The molecule has 1 N–H and O–H groups in total. The average molecular weight is 416 g/mol. The van der Waals surface area contributed by atoms with E-state index in [4.69, 9.17) is 40.5 Å². The molecule has 0 aliphatic carbocycles. The lowest BCUT2D eigenvalue weighted by Crippen LogP contribution is -2.33. The molecule has 1 fully saturated rings. The number of carboxylic acid groups (broad SMARTS) is 1. The molecule has 0 aromatic heterocycles. The van der Waals surface area contributed by atoms with Crippen molar-refractivity contribution in [2.75, 3.05) is 6.54 Å². The highest BCUT2D eigenvalue weighted by molar-refractivity contribution is 8.26. The molecule has 24 heavy (non-hydrogen) atoms. The van der Waals surface area contributed by atoms with Gasteiger partial charge in [0.05, 0.1) is 15.5 Å². The van der Waals surface area contributed by atoms with Gasteiger partial charge in [-0.25, -0.2) is 0 Å². The van der Waals surface area contributed by atoms with Crippen molar-refractivity contribution in [3.8, 4) is 0 Å². The van der Waals surface area contributed by atoms with E-state index in [9.17, 15) is 22.8 Å². The van der Waals surface area contributed by atoms with Crippen LogP contribution in [0.25, 0.3) is 6.08 Å². The number of halogens is 5. The topological polar surface area (TPSA) is 57.6 Å². The van der Waals surface area contributed by atoms with Crippen molar-refractivity contribution in [1.82, 2.24) is 4.90 Å². The number of alkyl halides is 3. The van der Waals surface area contributed by atoms with Crippen LogP contribution in [0.4, 0.5) is 13.2 Å². The SMILES string of the molecule is O=C(O)CN1C(=O)/C(=C/c2c(Cl)ccc(C(F)(F)F)c2Cl)SC1=S. The Kier molecular flexibility index (Phi) is 5.48. The second-order valence-electron chi connectivity index (χ2n) is 4.48. The molecular formula is C13H6Cl2F3NO3S2. The zero-order valence-electron chi connectivity index (χ0n) is 11.4. The maximum atomic E-state index is 12.9. The van der Waals surface area contributed by atoms with Crippen LogP contribution in [-0.4, -0.2) is 32.7 Å². The summed E-state index contributed by atoms with van der Waals surface area (Å²) in [6.45, 7) is -0.647. The quantitative estimate of drug-likeness (QED) is 0.589. The summed E-state index contributed by atoms with van der Waals surface area (Å²) < 4.78 is 38.7. The number of benzene rings is 1. The highest BCUT2D eigenvalue weighted by Crippen LogP contribution is 2.41. The number of hydrogen-bond donors (Lipinski definition) is 1. The standard InChI is InChI=1S/C13H6Cl2F3NO3S2/c14-7-2-1-6(13(16,17)18)10(15)5(7)3-8-11(22)19(4-9(20)21)12(23)24-8/h1-3H,4H2,(H,20,21)/b8-3-. The van der Waals surface area contributed by atoms with Gasteiger partial charge >= 0.3 is 12.1 Å². The molecule has 11 heteroatoms. The van der Waals surface area contributed by atoms with Gasteiger partial charge in [-0.15, -0.1) is 0 Å². The van der Waals surface area contributed by atoms with Gasteiger partial charge in [-0.3, -0.25) is 14.5 Å². The lowest BCUT2D eigenvalue weighted by molar-refractivity contribution is -0.140. The Hall–Kier alpha value is -1.29. The van der Waals surface area contributed by atoms with Crippen LogP contribution in [0.3, 0.4) is 0 Å². The molecule has 0 bridgehead atoms. The second kappa shape index (κ2) is 6.91. The molecule has 2 rings (SSSR count). The minimum absolute atomic E-state index is 0.0205. The van der Waals surface area contributed by atoms with Crippen molar-refractivity contribution in [3.05, 3.63) is 38.2 Å². The Labute approximate surface area is 153 Å². The van der Waals surface area contributed by atoms with Crippen LogP contribution < -0.4 is 0 Å². The number of nitrogens with zero attached hydrogens (tertiary/aromatic N) is 1. The van der Waals surface area contributed by atoms with Crippen LogP contribution in [0.15, 0.2) is 17.0 Å². The Morgan fingerprint density at radius 1 is 1.38 bits per heavy atom. The molecule has 128 valence electrons. The summed E-state index contributed by atoms with van der Waals surface area (Å²) in [6.07, 6.45) is -3.62. The van der Waals surface area contributed by atoms with Gasteiger partial charge in [0, 0.05) is 10.6 Å². The van der Waals surface area contributed by atoms with E-state index in [-0.39, 0.29) is 19.8 Å². The van der Waals surface area contributed by atoms with Gasteiger partial charge in [-0.1, -0.05) is 47.2 Å². The predicted molar refractivity (Wildman–Crippen MR) is 89.0 cm³/mol. The summed E-state index contributed by atoms with van der Waals surface area (Å²) in [5.74, 6) is -2.01. The van der Waals surface area contributed by atoms with Gasteiger partial charge in [0.1, 0.15) is 10.9 Å². The van der Waals surface area contributed by atoms with Crippen molar-refractivity contribution >= 4 is 69.5 Å². The Bertz CT molecular complexity index is 780. The molecule has 0 atom stereocenters. The van der Waals surface area contributed by atoms with Crippen LogP contribution >= 0.6 is 47.2 Å². The Morgan fingerprint density at radius 2 is 2.00 bits per heavy atom. The van der Waals surface area contributed by atoms with Crippen LogP contribution in [0.5, 0.6) is 0 Å². The number of carbonyl (C=O) groups is 2. The fraction of sp³-hybridized carbons (Fsp3) is 0.154. The van der Waals surface area contributed by atoms with Gasteiger partial charge in [0.2, 0.25) is 0 Å². The minimum Gasteiger partial charge on any atom is -0.480 e.